The fourth-order valence-corrected chi connectivity index (χ4v) is 2.84. The van der Waals surface area contributed by atoms with Crippen molar-refractivity contribution in [3.05, 3.63) is 51.0 Å². The lowest BCUT2D eigenvalue weighted by molar-refractivity contribution is 0.228. The van der Waals surface area contributed by atoms with Gasteiger partial charge in [0.25, 0.3) is 0 Å². The van der Waals surface area contributed by atoms with Crippen LogP contribution >= 0.6 is 27.5 Å². The molecule has 0 unspecified atom stereocenters. The topological polar surface area (TPSA) is 30.5 Å². The SMILES string of the molecule is COc1cc(Br)cc(CNc2ccc(C)c(Cl)c2)c1OC(C)C. The van der Waals surface area contributed by atoms with Crippen LogP contribution in [0.4, 0.5) is 5.69 Å². The van der Waals surface area contributed by atoms with Crippen molar-refractivity contribution in [1.29, 1.82) is 0 Å². The molecule has 1 N–H and O–H groups in total. The van der Waals surface area contributed by atoms with Gasteiger partial charge in [-0.05, 0) is 50.6 Å². The first-order chi connectivity index (χ1) is 10.9. The highest BCUT2D eigenvalue weighted by molar-refractivity contribution is 9.10. The lowest BCUT2D eigenvalue weighted by atomic mass is 10.1. The number of aryl methyl sites for hydroxylation is 1. The number of benzene rings is 2. The van der Waals surface area contributed by atoms with Crippen LogP contribution in [-0.4, -0.2) is 13.2 Å². The fourth-order valence-electron chi connectivity index (χ4n) is 2.18. The summed E-state index contributed by atoms with van der Waals surface area (Å²) in [6.07, 6.45) is 0.0673. The number of methoxy groups -OCH3 is 1. The van der Waals surface area contributed by atoms with Crippen molar-refractivity contribution in [2.45, 2.75) is 33.4 Å². The Labute approximate surface area is 151 Å². The standard InChI is InChI=1S/C18H21BrClNO2/c1-11(2)23-18-13(7-14(19)8-17(18)22-4)10-21-15-6-5-12(3)16(20)9-15/h5-9,11,21H,10H2,1-4H3. The molecule has 0 amide bonds. The molecule has 2 rings (SSSR count). The van der Waals surface area contributed by atoms with Crippen LogP contribution in [0.3, 0.4) is 0 Å². The maximum atomic E-state index is 6.18. The first-order valence-electron chi connectivity index (χ1n) is 7.43. The van der Waals surface area contributed by atoms with E-state index in [4.69, 9.17) is 21.1 Å². The van der Waals surface area contributed by atoms with Gasteiger partial charge >= 0.3 is 0 Å². The Balaban J connectivity index is 2.26. The number of rotatable bonds is 6. The van der Waals surface area contributed by atoms with Crippen molar-refractivity contribution >= 4 is 33.2 Å². The highest BCUT2D eigenvalue weighted by Crippen LogP contribution is 2.36. The Kier molecular flexibility index (Phi) is 6.19. The first-order valence-corrected chi connectivity index (χ1v) is 8.61. The van der Waals surface area contributed by atoms with Crippen LogP contribution in [0.1, 0.15) is 25.0 Å². The number of hydrogen-bond donors (Lipinski definition) is 1. The van der Waals surface area contributed by atoms with Gasteiger partial charge in [0.1, 0.15) is 0 Å². The van der Waals surface area contributed by atoms with Crippen LogP contribution in [0, 0.1) is 6.92 Å². The highest BCUT2D eigenvalue weighted by atomic mass is 79.9. The van der Waals surface area contributed by atoms with Gasteiger partial charge in [-0.25, -0.2) is 0 Å². The maximum Gasteiger partial charge on any atom is 0.166 e. The second-order valence-corrected chi connectivity index (χ2v) is 6.90. The summed E-state index contributed by atoms with van der Waals surface area (Å²) in [7, 11) is 1.64. The van der Waals surface area contributed by atoms with E-state index in [0.717, 1.165) is 32.1 Å². The minimum Gasteiger partial charge on any atom is -0.493 e. The number of anilines is 1. The van der Waals surface area contributed by atoms with Crippen LogP contribution in [0.25, 0.3) is 0 Å². The molecule has 0 aliphatic rings. The van der Waals surface area contributed by atoms with E-state index in [9.17, 15) is 0 Å². The van der Waals surface area contributed by atoms with Crippen LogP contribution in [0.15, 0.2) is 34.8 Å². The van der Waals surface area contributed by atoms with Crippen molar-refractivity contribution in [3.63, 3.8) is 0 Å². The molecule has 0 saturated heterocycles. The molecule has 3 nitrogen and oxygen atoms in total. The number of ether oxygens (including phenoxy) is 2. The molecular formula is C18H21BrClNO2. The molecule has 0 aliphatic heterocycles. The molecule has 0 saturated carbocycles. The number of nitrogens with one attached hydrogen (secondary N) is 1. The molecule has 23 heavy (non-hydrogen) atoms. The molecular weight excluding hydrogens is 378 g/mol. The first kappa shape index (κ1) is 18.0. The summed E-state index contributed by atoms with van der Waals surface area (Å²) in [5, 5.41) is 4.13. The average molecular weight is 399 g/mol. The predicted octanol–water partition coefficient (Wildman–Crippen LogP) is 5.82. The zero-order valence-corrected chi connectivity index (χ0v) is 16.1. The summed E-state index contributed by atoms with van der Waals surface area (Å²) >= 11 is 9.69. The Hall–Kier alpha value is -1.39. The smallest absolute Gasteiger partial charge is 0.166 e. The summed E-state index contributed by atoms with van der Waals surface area (Å²) < 4.78 is 12.3. The van der Waals surface area contributed by atoms with E-state index in [1.165, 1.54) is 0 Å². The Morgan fingerprint density at radius 3 is 2.57 bits per heavy atom. The van der Waals surface area contributed by atoms with Gasteiger partial charge in [-0.15, -0.1) is 0 Å². The highest BCUT2D eigenvalue weighted by Gasteiger charge is 2.14. The summed E-state index contributed by atoms with van der Waals surface area (Å²) in [6, 6.07) is 9.87. The zero-order valence-electron chi connectivity index (χ0n) is 13.7. The fraction of sp³-hybridized carbons (Fsp3) is 0.333. The summed E-state index contributed by atoms with van der Waals surface area (Å²) in [6.45, 7) is 6.59. The van der Waals surface area contributed by atoms with E-state index in [-0.39, 0.29) is 6.10 Å². The molecule has 0 atom stereocenters. The number of hydrogen-bond acceptors (Lipinski definition) is 3. The van der Waals surface area contributed by atoms with Gasteiger partial charge in [0.05, 0.1) is 13.2 Å². The van der Waals surface area contributed by atoms with Crippen LogP contribution < -0.4 is 14.8 Å². The van der Waals surface area contributed by atoms with Gasteiger partial charge in [0, 0.05) is 27.3 Å². The molecule has 124 valence electrons. The van der Waals surface area contributed by atoms with Gasteiger partial charge in [0.15, 0.2) is 11.5 Å². The van der Waals surface area contributed by atoms with E-state index < -0.39 is 0 Å². The van der Waals surface area contributed by atoms with Crippen molar-refractivity contribution in [1.82, 2.24) is 0 Å². The van der Waals surface area contributed by atoms with Crippen LogP contribution in [0.5, 0.6) is 11.5 Å². The molecule has 0 spiro atoms. The maximum absolute atomic E-state index is 6.18. The third-order valence-electron chi connectivity index (χ3n) is 3.32. The Morgan fingerprint density at radius 1 is 1.22 bits per heavy atom. The predicted molar refractivity (Wildman–Crippen MR) is 100.0 cm³/mol. The molecule has 0 bridgehead atoms. The molecule has 5 heteroatoms. The summed E-state index contributed by atoms with van der Waals surface area (Å²) in [4.78, 5) is 0. The van der Waals surface area contributed by atoms with Gasteiger partial charge < -0.3 is 14.8 Å². The molecule has 2 aromatic rings. The quantitative estimate of drug-likeness (QED) is 0.665. The third-order valence-corrected chi connectivity index (χ3v) is 4.19. The van der Waals surface area contributed by atoms with Gasteiger partial charge in [0.2, 0.25) is 0 Å². The number of halogens is 2. The van der Waals surface area contributed by atoms with Crippen molar-refractivity contribution < 1.29 is 9.47 Å². The van der Waals surface area contributed by atoms with Gasteiger partial charge in [-0.1, -0.05) is 33.6 Å². The third kappa shape index (κ3) is 4.79. The van der Waals surface area contributed by atoms with Crippen molar-refractivity contribution in [2.75, 3.05) is 12.4 Å². The Morgan fingerprint density at radius 2 is 1.96 bits per heavy atom. The zero-order chi connectivity index (χ0) is 17.0. The summed E-state index contributed by atoms with van der Waals surface area (Å²) in [5.74, 6) is 1.48. The summed E-state index contributed by atoms with van der Waals surface area (Å²) in [5.41, 5.74) is 3.04. The minimum absolute atomic E-state index is 0.0673. The van der Waals surface area contributed by atoms with E-state index in [1.807, 2.05) is 51.1 Å². The van der Waals surface area contributed by atoms with E-state index in [2.05, 4.69) is 21.2 Å². The molecule has 0 heterocycles. The minimum atomic E-state index is 0.0673. The van der Waals surface area contributed by atoms with Crippen molar-refractivity contribution in [3.8, 4) is 11.5 Å². The van der Waals surface area contributed by atoms with Crippen molar-refractivity contribution in [2.24, 2.45) is 0 Å². The van der Waals surface area contributed by atoms with E-state index >= 15 is 0 Å². The monoisotopic (exact) mass is 397 g/mol. The van der Waals surface area contributed by atoms with E-state index in [0.29, 0.717) is 12.3 Å². The second-order valence-electron chi connectivity index (χ2n) is 5.58. The van der Waals surface area contributed by atoms with Gasteiger partial charge in [-0.3, -0.25) is 0 Å². The van der Waals surface area contributed by atoms with E-state index in [1.54, 1.807) is 7.11 Å². The Bertz CT molecular complexity index is 689. The molecule has 0 aliphatic carbocycles. The normalized spacial score (nSPS) is 10.7. The molecule has 0 aromatic heterocycles. The molecule has 0 radical (unpaired) electrons. The average Bonchev–Trinajstić information content (AvgIpc) is 2.49. The van der Waals surface area contributed by atoms with Crippen LogP contribution in [-0.2, 0) is 6.54 Å². The lowest BCUT2D eigenvalue weighted by Crippen LogP contribution is -2.10. The molecule has 2 aromatic carbocycles. The largest absolute Gasteiger partial charge is 0.493 e. The molecule has 0 fully saturated rings. The van der Waals surface area contributed by atoms with Gasteiger partial charge in [-0.2, -0.15) is 0 Å². The van der Waals surface area contributed by atoms with Crippen LogP contribution in [0.2, 0.25) is 5.02 Å². The second kappa shape index (κ2) is 7.93. The lowest BCUT2D eigenvalue weighted by Gasteiger charge is -2.19.